The molecular formula is C17H19Cl2NO2. The first kappa shape index (κ1) is 15.8. The van der Waals surface area contributed by atoms with E-state index in [9.17, 15) is 9.59 Å². The summed E-state index contributed by atoms with van der Waals surface area (Å²) >= 11 is 12.3. The SMILES string of the molecule is CC1(C)[C@]2(C(=O)Nc3c(Cl)cccc3Cl)CC[C@@]1(C)C(=O)C2. The van der Waals surface area contributed by atoms with Gasteiger partial charge in [-0.15, -0.1) is 0 Å². The predicted molar refractivity (Wildman–Crippen MR) is 88.3 cm³/mol. The Kier molecular flexibility index (Phi) is 3.39. The number of benzene rings is 1. The maximum absolute atomic E-state index is 13.0. The Morgan fingerprint density at radius 2 is 1.73 bits per heavy atom. The third-order valence-electron chi connectivity index (χ3n) is 6.34. The van der Waals surface area contributed by atoms with Crippen LogP contribution in [0.3, 0.4) is 0 Å². The molecule has 0 spiro atoms. The summed E-state index contributed by atoms with van der Waals surface area (Å²) in [4.78, 5) is 25.5. The number of carbonyl (C=O) groups is 2. The van der Waals surface area contributed by atoms with E-state index >= 15 is 0 Å². The van der Waals surface area contributed by atoms with Crippen molar-refractivity contribution in [2.45, 2.75) is 40.0 Å². The monoisotopic (exact) mass is 339 g/mol. The van der Waals surface area contributed by atoms with Crippen molar-refractivity contribution in [1.29, 1.82) is 0 Å². The number of rotatable bonds is 2. The maximum atomic E-state index is 13.0. The molecule has 2 atom stereocenters. The van der Waals surface area contributed by atoms with Crippen molar-refractivity contribution in [3.05, 3.63) is 28.2 Å². The minimum absolute atomic E-state index is 0.151. The molecule has 2 bridgehead atoms. The zero-order chi connectivity index (χ0) is 16.3. The number of anilines is 1. The summed E-state index contributed by atoms with van der Waals surface area (Å²) in [6.45, 7) is 6.04. The topological polar surface area (TPSA) is 46.2 Å². The van der Waals surface area contributed by atoms with Gasteiger partial charge in [0.1, 0.15) is 5.78 Å². The highest BCUT2D eigenvalue weighted by Gasteiger charge is 2.72. The summed E-state index contributed by atoms with van der Waals surface area (Å²) in [6, 6.07) is 5.10. The maximum Gasteiger partial charge on any atom is 0.231 e. The molecule has 5 heteroatoms. The number of halogens is 2. The van der Waals surface area contributed by atoms with Crippen molar-refractivity contribution in [3.63, 3.8) is 0 Å². The largest absolute Gasteiger partial charge is 0.323 e. The van der Waals surface area contributed by atoms with Gasteiger partial charge in [-0.2, -0.15) is 0 Å². The van der Waals surface area contributed by atoms with Crippen LogP contribution in [0.2, 0.25) is 10.0 Å². The Morgan fingerprint density at radius 3 is 2.18 bits per heavy atom. The number of nitrogens with one attached hydrogen (secondary N) is 1. The predicted octanol–water partition coefficient (Wildman–Crippen LogP) is 4.72. The van der Waals surface area contributed by atoms with E-state index in [1.165, 1.54) is 0 Å². The minimum atomic E-state index is -0.679. The highest BCUT2D eigenvalue weighted by atomic mass is 35.5. The van der Waals surface area contributed by atoms with Crippen molar-refractivity contribution in [2.75, 3.05) is 5.32 Å². The first-order valence-corrected chi connectivity index (χ1v) is 8.20. The molecule has 3 nitrogen and oxygen atoms in total. The van der Waals surface area contributed by atoms with Gasteiger partial charge in [0.15, 0.2) is 0 Å². The van der Waals surface area contributed by atoms with Crippen LogP contribution in [0.25, 0.3) is 0 Å². The van der Waals surface area contributed by atoms with Gasteiger partial charge in [-0.25, -0.2) is 0 Å². The molecule has 0 radical (unpaired) electrons. The summed E-state index contributed by atoms with van der Waals surface area (Å²) in [5, 5.41) is 3.68. The molecular weight excluding hydrogens is 321 g/mol. The van der Waals surface area contributed by atoms with Crippen LogP contribution in [-0.4, -0.2) is 11.7 Å². The Morgan fingerprint density at radius 1 is 1.14 bits per heavy atom. The molecule has 2 aliphatic rings. The summed E-state index contributed by atoms with van der Waals surface area (Å²) < 4.78 is 0. The Hall–Kier alpha value is -1.06. The number of fused-ring (bicyclic) bond motifs is 2. The second-order valence-electron chi connectivity index (χ2n) is 7.19. The lowest BCUT2D eigenvalue weighted by atomic mass is 9.64. The fourth-order valence-corrected chi connectivity index (χ4v) is 4.70. The molecule has 0 saturated heterocycles. The normalized spacial score (nSPS) is 32.3. The van der Waals surface area contributed by atoms with E-state index in [-0.39, 0.29) is 17.1 Å². The average molecular weight is 340 g/mol. The van der Waals surface area contributed by atoms with Gasteiger partial charge in [0.05, 0.1) is 21.1 Å². The number of ketones is 1. The van der Waals surface area contributed by atoms with E-state index in [1.807, 2.05) is 20.8 Å². The number of hydrogen-bond donors (Lipinski definition) is 1. The quantitative estimate of drug-likeness (QED) is 0.847. The van der Waals surface area contributed by atoms with Crippen LogP contribution in [-0.2, 0) is 9.59 Å². The highest BCUT2D eigenvalue weighted by Crippen LogP contribution is 2.70. The van der Waals surface area contributed by atoms with Crippen LogP contribution >= 0.6 is 23.2 Å². The van der Waals surface area contributed by atoms with Gasteiger partial charge < -0.3 is 5.32 Å². The molecule has 2 saturated carbocycles. The third-order valence-corrected chi connectivity index (χ3v) is 6.97. The molecule has 1 amide bonds. The van der Waals surface area contributed by atoms with E-state index in [2.05, 4.69) is 5.32 Å². The van der Waals surface area contributed by atoms with Crippen molar-refractivity contribution < 1.29 is 9.59 Å². The Labute approximate surface area is 140 Å². The first-order valence-electron chi connectivity index (χ1n) is 7.44. The van der Waals surface area contributed by atoms with Gasteiger partial charge in [-0.3, -0.25) is 9.59 Å². The summed E-state index contributed by atoms with van der Waals surface area (Å²) in [6.07, 6.45) is 1.77. The van der Waals surface area contributed by atoms with Gasteiger partial charge in [-0.05, 0) is 30.4 Å². The molecule has 0 aliphatic heterocycles. The average Bonchev–Trinajstić information content (AvgIpc) is 2.73. The third kappa shape index (κ3) is 1.75. The molecule has 118 valence electrons. The molecule has 2 aliphatic carbocycles. The lowest BCUT2D eigenvalue weighted by molar-refractivity contribution is -0.131. The van der Waals surface area contributed by atoms with Crippen molar-refractivity contribution in [1.82, 2.24) is 0 Å². The van der Waals surface area contributed by atoms with E-state index in [0.717, 1.165) is 12.8 Å². The van der Waals surface area contributed by atoms with Crippen LogP contribution in [0.5, 0.6) is 0 Å². The van der Waals surface area contributed by atoms with Gasteiger partial charge in [0.2, 0.25) is 5.91 Å². The number of amides is 1. The van der Waals surface area contributed by atoms with E-state index in [0.29, 0.717) is 22.2 Å². The second kappa shape index (κ2) is 4.72. The molecule has 1 aromatic carbocycles. The Bertz CT molecular complexity index is 665. The van der Waals surface area contributed by atoms with Crippen LogP contribution in [0.1, 0.15) is 40.0 Å². The van der Waals surface area contributed by atoms with Crippen molar-refractivity contribution in [2.24, 2.45) is 16.2 Å². The summed E-state index contributed by atoms with van der Waals surface area (Å²) in [7, 11) is 0. The lowest BCUT2D eigenvalue weighted by Gasteiger charge is -2.38. The van der Waals surface area contributed by atoms with Gasteiger partial charge in [0.25, 0.3) is 0 Å². The number of Topliss-reactive ketones (excluding diaryl/α,β-unsaturated/α-hetero) is 1. The van der Waals surface area contributed by atoms with Crippen LogP contribution in [0.15, 0.2) is 18.2 Å². The molecule has 0 unspecified atom stereocenters. The van der Waals surface area contributed by atoms with Crippen LogP contribution < -0.4 is 5.32 Å². The number of hydrogen-bond acceptors (Lipinski definition) is 2. The summed E-state index contributed by atoms with van der Waals surface area (Å²) in [5.41, 5.74) is -1.06. The molecule has 1 N–H and O–H groups in total. The molecule has 0 heterocycles. The van der Waals surface area contributed by atoms with Gasteiger partial charge in [-0.1, -0.05) is 50.0 Å². The lowest BCUT2D eigenvalue weighted by Crippen LogP contribution is -2.43. The smallest absolute Gasteiger partial charge is 0.231 e. The Balaban J connectivity index is 1.98. The molecule has 3 rings (SSSR count). The first-order chi connectivity index (χ1) is 10.2. The number of para-hydroxylation sites is 1. The molecule has 22 heavy (non-hydrogen) atoms. The van der Waals surface area contributed by atoms with Crippen LogP contribution in [0, 0.1) is 16.2 Å². The molecule has 1 aromatic rings. The van der Waals surface area contributed by atoms with Crippen molar-refractivity contribution >= 4 is 40.6 Å². The zero-order valence-electron chi connectivity index (χ0n) is 12.9. The standard InChI is InChI=1S/C17H19Cl2NO2/c1-15(2)16(3)7-8-17(15,9-12(16)21)14(22)20-13-10(18)5-4-6-11(13)19/h4-6H,7-9H2,1-3H3,(H,20,22)/t16-,17+/m0/s1. The van der Waals surface area contributed by atoms with Gasteiger partial charge in [0, 0.05) is 11.8 Å². The fraction of sp³-hybridized carbons (Fsp3) is 0.529. The van der Waals surface area contributed by atoms with E-state index < -0.39 is 10.8 Å². The minimum Gasteiger partial charge on any atom is -0.323 e. The van der Waals surface area contributed by atoms with E-state index in [4.69, 9.17) is 23.2 Å². The fourth-order valence-electron chi connectivity index (χ4n) is 4.21. The van der Waals surface area contributed by atoms with Crippen molar-refractivity contribution in [3.8, 4) is 0 Å². The van der Waals surface area contributed by atoms with Crippen LogP contribution in [0.4, 0.5) is 5.69 Å². The zero-order valence-corrected chi connectivity index (χ0v) is 14.4. The second-order valence-corrected chi connectivity index (χ2v) is 8.00. The summed E-state index contributed by atoms with van der Waals surface area (Å²) in [5.74, 6) is 0.0335. The molecule has 2 fully saturated rings. The van der Waals surface area contributed by atoms with Gasteiger partial charge >= 0.3 is 0 Å². The highest BCUT2D eigenvalue weighted by molar-refractivity contribution is 6.39. The number of carbonyl (C=O) groups excluding carboxylic acids is 2. The molecule has 0 aromatic heterocycles. The van der Waals surface area contributed by atoms with E-state index in [1.54, 1.807) is 18.2 Å².